The van der Waals surface area contributed by atoms with Crippen LogP contribution in [-0.2, 0) is 16.6 Å². The second-order valence-corrected chi connectivity index (χ2v) is 5.87. The van der Waals surface area contributed by atoms with Crippen LogP contribution in [0.4, 0.5) is 8.78 Å². The highest BCUT2D eigenvalue weighted by Crippen LogP contribution is 2.28. The molecule has 2 aromatic rings. The van der Waals surface area contributed by atoms with E-state index in [2.05, 4.69) is 0 Å². The molecule has 0 aliphatic rings. The molecule has 0 bridgehead atoms. The molecule has 2 rings (SSSR count). The molecule has 0 aromatic heterocycles. The second kappa shape index (κ2) is 5.94. The maximum Gasteiger partial charge on any atom is 0.147 e. The van der Waals surface area contributed by atoms with Gasteiger partial charge in [0.05, 0.1) is 0 Å². The van der Waals surface area contributed by atoms with Gasteiger partial charge in [-0.2, -0.15) is 0 Å². The highest BCUT2D eigenvalue weighted by atomic mass is 35.5. The van der Waals surface area contributed by atoms with Crippen LogP contribution in [0.1, 0.15) is 25.0 Å². The van der Waals surface area contributed by atoms with Crippen LogP contribution in [0.25, 0.3) is 0 Å². The van der Waals surface area contributed by atoms with Crippen LogP contribution in [0, 0.1) is 11.6 Å². The van der Waals surface area contributed by atoms with Crippen molar-refractivity contribution < 1.29 is 13.6 Å². The highest BCUT2D eigenvalue weighted by Gasteiger charge is 2.29. The minimum atomic E-state index is -0.802. The fourth-order valence-corrected chi connectivity index (χ4v) is 2.28. The standard InChI is InChI=1S/C17H15ClF2O/c1-17(2,12-3-5-13(19)6-4-12)16(21)10-11-9-14(20)7-8-15(11)18/h3-9H,10H2,1-2H3. The number of ketones is 1. The van der Waals surface area contributed by atoms with Crippen molar-refractivity contribution >= 4 is 17.4 Å². The third kappa shape index (κ3) is 3.48. The molecular formula is C17H15ClF2O. The Bertz CT molecular complexity index is 663. The van der Waals surface area contributed by atoms with E-state index in [1.54, 1.807) is 26.0 Å². The van der Waals surface area contributed by atoms with Crippen LogP contribution in [0.3, 0.4) is 0 Å². The summed E-state index contributed by atoms with van der Waals surface area (Å²) in [5, 5.41) is 0.361. The molecule has 0 aliphatic heterocycles. The number of hydrogen-bond donors (Lipinski definition) is 0. The molecule has 0 saturated carbocycles. The van der Waals surface area contributed by atoms with E-state index in [1.807, 2.05) is 0 Å². The Morgan fingerprint density at radius 2 is 1.62 bits per heavy atom. The number of Topliss-reactive ketones (excluding diaryl/α,β-unsaturated/α-hetero) is 1. The van der Waals surface area contributed by atoms with E-state index < -0.39 is 11.2 Å². The van der Waals surface area contributed by atoms with Gasteiger partial charge in [-0.15, -0.1) is 0 Å². The van der Waals surface area contributed by atoms with Gasteiger partial charge < -0.3 is 0 Å². The van der Waals surface area contributed by atoms with Crippen molar-refractivity contribution in [1.82, 2.24) is 0 Å². The molecule has 0 aliphatic carbocycles. The van der Waals surface area contributed by atoms with E-state index in [-0.39, 0.29) is 18.0 Å². The molecule has 0 spiro atoms. The Morgan fingerprint density at radius 3 is 2.24 bits per heavy atom. The van der Waals surface area contributed by atoms with Gasteiger partial charge in [0, 0.05) is 16.9 Å². The Hall–Kier alpha value is -1.74. The Morgan fingerprint density at radius 1 is 1.05 bits per heavy atom. The van der Waals surface area contributed by atoms with Gasteiger partial charge in [-0.05, 0) is 55.3 Å². The lowest BCUT2D eigenvalue weighted by atomic mass is 9.78. The summed E-state index contributed by atoms with van der Waals surface area (Å²) >= 11 is 5.99. The summed E-state index contributed by atoms with van der Waals surface area (Å²) in [6.45, 7) is 3.52. The molecule has 0 N–H and O–H groups in total. The molecule has 0 saturated heterocycles. The second-order valence-electron chi connectivity index (χ2n) is 5.47. The fraction of sp³-hybridized carbons (Fsp3) is 0.235. The lowest BCUT2D eigenvalue weighted by Gasteiger charge is -2.24. The maximum atomic E-state index is 13.2. The van der Waals surface area contributed by atoms with Crippen LogP contribution in [0.5, 0.6) is 0 Å². The van der Waals surface area contributed by atoms with E-state index in [0.717, 1.165) is 0 Å². The van der Waals surface area contributed by atoms with Crippen LogP contribution in [-0.4, -0.2) is 5.78 Å². The summed E-state index contributed by atoms with van der Waals surface area (Å²) in [5.41, 5.74) is 0.363. The quantitative estimate of drug-likeness (QED) is 0.799. The van der Waals surface area contributed by atoms with Crippen molar-refractivity contribution in [3.63, 3.8) is 0 Å². The van der Waals surface area contributed by atoms with Crippen molar-refractivity contribution in [3.05, 3.63) is 70.2 Å². The number of halogens is 3. The van der Waals surface area contributed by atoms with Crippen molar-refractivity contribution in [2.24, 2.45) is 0 Å². The van der Waals surface area contributed by atoms with Gasteiger partial charge in [0.15, 0.2) is 0 Å². The van der Waals surface area contributed by atoms with E-state index in [4.69, 9.17) is 11.6 Å². The third-order valence-corrected chi connectivity index (χ3v) is 3.99. The molecular weight excluding hydrogens is 294 g/mol. The van der Waals surface area contributed by atoms with Gasteiger partial charge in [-0.3, -0.25) is 4.79 Å². The highest BCUT2D eigenvalue weighted by molar-refractivity contribution is 6.31. The molecule has 0 atom stereocenters. The summed E-state index contributed by atoms with van der Waals surface area (Å²) < 4.78 is 26.2. The van der Waals surface area contributed by atoms with E-state index >= 15 is 0 Å². The summed E-state index contributed by atoms with van der Waals surface area (Å²) in [4.78, 5) is 12.5. The average Bonchev–Trinajstić information content (AvgIpc) is 2.43. The normalized spacial score (nSPS) is 11.5. The van der Waals surface area contributed by atoms with Gasteiger partial charge in [-0.25, -0.2) is 8.78 Å². The predicted octanol–water partition coefficient (Wildman–Crippen LogP) is 4.71. The molecule has 0 heterocycles. The monoisotopic (exact) mass is 308 g/mol. The summed E-state index contributed by atoms with van der Waals surface area (Å²) in [6.07, 6.45) is 0.0287. The number of carbonyl (C=O) groups is 1. The summed E-state index contributed by atoms with van der Waals surface area (Å²) in [7, 11) is 0. The zero-order valence-corrected chi connectivity index (χ0v) is 12.5. The molecule has 0 radical (unpaired) electrons. The molecule has 0 fully saturated rings. The number of rotatable bonds is 4. The van der Waals surface area contributed by atoms with Gasteiger partial charge in [0.2, 0.25) is 0 Å². The largest absolute Gasteiger partial charge is 0.298 e. The van der Waals surface area contributed by atoms with Crippen LogP contribution in [0.15, 0.2) is 42.5 Å². The van der Waals surface area contributed by atoms with E-state index in [0.29, 0.717) is 16.1 Å². The zero-order chi connectivity index (χ0) is 15.6. The predicted molar refractivity (Wildman–Crippen MR) is 79.5 cm³/mol. The Balaban J connectivity index is 2.26. The first-order valence-electron chi connectivity index (χ1n) is 6.54. The minimum absolute atomic E-state index is 0.0287. The summed E-state index contributed by atoms with van der Waals surface area (Å²) in [6, 6.07) is 9.76. The van der Waals surface area contributed by atoms with Crippen LogP contribution >= 0.6 is 11.6 Å². The molecule has 0 unspecified atom stereocenters. The maximum absolute atomic E-state index is 13.2. The average molecular weight is 309 g/mol. The van der Waals surface area contributed by atoms with E-state index in [9.17, 15) is 13.6 Å². The Labute approximate surface area is 127 Å². The van der Waals surface area contributed by atoms with Crippen molar-refractivity contribution in [2.75, 3.05) is 0 Å². The molecule has 1 nitrogen and oxygen atoms in total. The summed E-state index contributed by atoms with van der Waals surface area (Å²) in [5.74, 6) is -0.890. The lowest BCUT2D eigenvalue weighted by Crippen LogP contribution is -2.30. The van der Waals surface area contributed by atoms with Crippen molar-refractivity contribution in [3.8, 4) is 0 Å². The van der Waals surface area contributed by atoms with Crippen molar-refractivity contribution in [1.29, 1.82) is 0 Å². The molecule has 4 heteroatoms. The number of hydrogen-bond acceptors (Lipinski definition) is 1. The van der Waals surface area contributed by atoms with Gasteiger partial charge in [-0.1, -0.05) is 23.7 Å². The van der Waals surface area contributed by atoms with Gasteiger partial charge in [0.1, 0.15) is 17.4 Å². The first kappa shape index (κ1) is 15.6. The SMILES string of the molecule is CC(C)(C(=O)Cc1cc(F)ccc1Cl)c1ccc(F)cc1. The smallest absolute Gasteiger partial charge is 0.147 e. The minimum Gasteiger partial charge on any atom is -0.298 e. The Kier molecular flexibility index (Phi) is 4.43. The van der Waals surface area contributed by atoms with E-state index in [1.165, 1.54) is 30.3 Å². The van der Waals surface area contributed by atoms with Gasteiger partial charge in [0.25, 0.3) is 0 Å². The third-order valence-electron chi connectivity index (χ3n) is 3.62. The molecule has 0 amide bonds. The first-order valence-corrected chi connectivity index (χ1v) is 6.92. The molecule has 21 heavy (non-hydrogen) atoms. The number of benzene rings is 2. The fourth-order valence-electron chi connectivity index (χ4n) is 2.10. The lowest BCUT2D eigenvalue weighted by molar-refractivity contribution is -0.122. The van der Waals surface area contributed by atoms with Crippen molar-refractivity contribution in [2.45, 2.75) is 25.7 Å². The molecule has 2 aromatic carbocycles. The zero-order valence-electron chi connectivity index (χ0n) is 11.8. The topological polar surface area (TPSA) is 17.1 Å². The van der Waals surface area contributed by atoms with Gasteiger partial charge >= 0.3 is 0 Å². The molecule has 110 valence electrons. The number of carbonyl (C=O) groups excluding carboxylic acids is 1. The first-order chi connectivity index (χ1) is 9.80. The van der Waals surface area contributed by atoms with Crippen LogP contribution < -0.4 is 0 Å². The van der Waals surface area contributed by atoms with Crippen LogP contribution in [0.2, 0.25) is 5.02 Å².